The van der Waals surface area contributed by atoms with Crippen molar-refractivity contribution in [1.82, 2.24) is 9.55 Å². The number of rotatable bonds is 2. The van der Waals surface area contributed by atoms with Gasteiger partial charge in [0, 0.05) is 3.57 Å². The molecule has 1 aromatic heterocycles. The molecule has 0 radical (unpaired) electrons. The van der Waals surface area contributed by atoms with Crippen molar-refractivity contribution < 1.29 is 4.39 Å². The molecule has 0 N–H and O–H groups in total. The fraction of sp³-hybridized carbons (Fsp3) is 0.0714. The smallest absolute Gasteiger partial charge is 0.129 e. The van der Waals surface area contributed by atoms with Crippen LogP contribution in [-0.2, 0) is 5.88 Å². The zero-order valence-corrected chi connectivity index (χ0v) is 14.8. The summed E-state index contributed by atoms with van der Waals surface area (Å²) in [5.74, 6) is 0.577. The van der Waals surface area contributed by atoms with Crippen molar-refractivity contribution in [3.8, 4) is 5.69 Å². The summed E-state index contributed by atoms with van der Waals surface area (Å²) >= 11 is 20.2. The van der Waals surface area contributed by atoms with Crippen LogP contribution in [0, 0.1) is 9.39 Å². The predicted octanol–water partition coefficient (Wildman–Crippen LogP) is 5.81. The summed E-state index contributed by atoms with van der Waals surface area (Å²) in [6.45, 7) is 0. The summed E-state index contributed by atoms with van der Waals surface area (Å²) in [4.78, 5) is 4.46. The summed E-state index contributed by atoms with van der Waals surface area (Å²) < 4.78 is 15.9. The Labute approximate surface area is 149 Å². The van der Waals surface area contributed by atoms with Gasteiger partial charge in [-0.25, -0.2) is 9.37 Å². The molecule has 2 aromatic carbocycles. The lowest BCUT2D eigenvalue weighted by Gasteiger charge is -2.10. The molecule has 0 saturated carbocycles. The number of benzene rings is 2. The van der Waals surface area contributed by atoms with Crippen LogP contribution in [0.3, 0.4) is 0 Å². The molecule has 3 rings (SSSR count). The fourth-order valence-corrected chi connectivity index (χ4v) is 3.36. The minimum Gasteiger partial charge on any atom is -0.294 e. The fourth-order valence-electron chi connectivity index (χ4n) is 2.14. The van der Waals surface area contributed by atoms with Crippen molar-refractivity contribution in [3.63, 3.8) is 0 Å². The van der Waals surface area contributed by atoms with E-state index >= 15 is 0 Å². The molecule has 0 atom stereocenters. The van der Waals surface area contributed by atoms with Gasteiger partial charge < -0.3 is 0 Å². The SMILES string of the molecule is Fc1ccc(-n2c(CCl)nc3cc(Cl)c(Cl)cc32)c(I)c1. The molecule has 3 aromatic rings. The molecule has 0 fully saturated rings. The van der Waals surface area contributed by atoms with Gasteiger partial charge >= 0.3 is 0 Å². The van der Waals surface area contributed by atoms with Crippen molar-refractivity contribution in [2.45, 2.75) is 5.88 Å². The van der Waals surface area contributed by atoms with Crippen LogP contribution in [0.15, 0.2) is 30.3 Å². The third kappa shape index (κ3) is 2.74. The Balaban J connectivity index is 2.37. The van der Waals surface area contributed by atoms with Crippen molar-refractivity contribution in [3.05, 3.63) is 55.6 Å². The molecule has 0 spiro atoms. The van der Waals surface area contributed by atoms with Gasteiger partial charge in [0.2, 0.25) is 0 Å². The molecule has 0 aliphatic rings. The summed E-state index contributed by atoms with van der Waals surface area (Å²) in [5.41, 5.74) is 2.28. The quantitative estimate of drug-likeness (QED) is 0.352. The Bertz CT molecular complexity index is 848. The molecule has 21 heavy (non-hydrogen) atoms. The van der Waals surface area contributed by atoms with Gasteiger partial charge in [0.1, 0.15) is 11.6 Å². The van der Waals surface area contributed by atoms with Crippen LogP contribution in [-0.4, -0.2) is 9.55 Å². The van der Waals surface area contributed by atoms with Crippen LogP contribution >= 0.6 is 57.4 Å². The van der Waals surface area contributed by atoms with E-state index in [0.717, 1.165) is 14.8 Å². The molecule has 0 saturated heterocycles. The lowest BCUT2D eigenvalue weighted by molar-refractivity contribution is 0.626. The van der Waals surface area contributed by atoms with Crippen LogP contribution in [0.25, 0.3) is 16.7 Å². The first-order chi connectivity index (χ1) is 10.0. The number of aromatic nitrogens is 2. The molecule has 2 nitrogen and oxygen atoms in total. The topological polar surface area (TPSA) is 17.8 Å². The number of nitrogens with zero attached hydrogens (tertiary/aromatic N) is 2. The molecule has 0 bridgehead atoms. The summed E-state index contributed by atoms with van der Waals surface area (Å²) in [7, 11) is 0. The average Bonchev–Trinajstić information content (AvgIpc) is 2.77. The molecule has 108 valence electrons. The maximum Gasteiger partial charge on any atom is 0.129 e. The van der Waals surface area contributed by atoms with E-state index in [1.54, 1.807) is 18.2 Å². The van der Waals surface area contributed by atoms with E-state index in [-0.39, 0.29) is 11.7 Å². The Hall–Kier alpha value is -0.560. The minimum absolute atomic E-state index is 0.220. The Morgan fingerprint density at radius 1 is 1.14 bits per heavy atom. The molecule has 0 aliphatic heterocycles. The first-order valence-corrected chi connectivity index (χ1v) is 8.26. The van der Waals surface area contributed by atoms with E-state index in [1.165, 1.54) is 12.1 Å². The van der Waals surface area contributed by atoms with E-state index < -0.39 is 0 Å². The number of hydrogen-bond acceptors (Lipinski definition) is 1. The van der Waals surface area contributed by atoms with Gasteiger partial charge in [0.05, 0.1) is 32.6 Å². The van der Waals surface area contributed by atoms with Crippen LogP contribution in [0.1, 0.15) is 5.82 Å². The van der Waals surface area contributed by atoms with Gasteiger partial charge in [-0.1, -0.05) is 23.2 Å². The van der Waals surface area contributed by atoms with Crippen LogP contribution in [0.2, 0.25) is 10.0 Å². The minimum atomic E-state index is -0.291. The van der Waals surface area contributed by atoms with E-state index in [2.05, 4.69) is 27.6 Å². The number of imidazole rings is 1. The van der Waals surface area contributed by atoms with Crippen LogP contribution in [0.4, 0.5) is 4.39 Å². The van der Waals surface area contributed by atoms with E-state index in [0.29, 0.717) is 21.4 Å². The molecule has 7 heteroatoms. The lowest BCUT2D eigenvalue weighted by atomic mass is 10.2. The zero-order valence-electron chi connectivity index (χ0n) is 10.4. The molecule has 1 heterocycles. The van der Waals surface area contributed by atoms with Gasteiger partial charge in [-0.05, 0) is 52.9 Å². The normalized spacial score (nSPS) is 11.3. The molecule has 0 unspecified atom stereocenters. The molecule has 0 aliphatic carbocycles. The van der Waals surface area contributed by atoms with Gasteiger partial charge in [0.25, 0.3) is 0 Å². The number of halogens is 5. The summed E-state index contributed by atoms with van der Waals surface area (Å²) in [6.07, 6.45) is 0. The second-order valence-corrected chi connectivity index (χ2v) is 6.59. The second kappa shape index (κ2) is 5.91. The monoisotopic (exact) mass is 454 g/mol. The molecular formula is C14H7Cl3FIN2. The van der Waals surface area contributed by atoms with Crippen molar-refractivity contribution in [2.75, 3.05) is 0 Å². The first kappa shape index (κ1) is 15.3. The van der Waals surface area contributed by atoms with Crippen LogP contribution < -0.4 is 0 Å². The van der Waals surface area contributed by atoms with E-state index in [4.69, 9.17) is 34.8 Å². The third-order valence-corrected chi connectivity index (χ3v) is 4.86. The molecule has 0 amide bonds. The van der Waals surface area contributed by atoms with Gasteiger partial charge in [-0.3, -0.25) is 4.57 Å². The van der Waals surface area contributed by atoms with E-state index in [9.17, 15) is 4.39 Å². The van der Waals surface area contributed by atoms with Crippen molar-refractivity contribution in [1.29, 1.82) is 0 Å². The van der Waals surface area contributed by atoms with E-state index in [1.807, 2.05) is 4.57 Å². The summed E-state index contributed by atoms with van der Waals surface area (Å²) in [6, 6.07) is 7.98. The first-order valence-electron chi connectivity index (χ1n) is 5.89. The number of alkyl halides is 1. The Morgan fingerprint density at radius 3 is 2.52 bits per heavy atom. The number of hydrogen-bond donors (Lipinski definition) is 0. The maximum atomic E-state index is 13.3. The van der Waals surface area contributed by atoms with Crippen LogP contribution in [0.5, 0.6) is 0 Å². The zero-order chi connectivity index (χ0) is 15.1. The number of fused-ring (bicyclic) bond motifs is 1. The highest BCUT2D eigenvalue weighted by atomic mass is 127. The lowest BCUT2D eigenvalue weighted by Crippen LogP contribution is -2.02. The predicted molar refractivity (Wildman–Crippen MR) is 93.3 cm³/mol. The Kier molecular flexibility index (Phi) is 4.32. The van der Waals surface area contributed by atoms with Gasteiger partial charge in [0.15, 0.2) is 0 Å². The average molecular weight is 455 g/mol. The van der Waals surface area contributed by atoms with Gasteiger partial charge in [-0.2, -0.15) is 0 Å². The van der Waals surface area contributed by atoms with Crippen molar-refractivity contribution in [2.24, 2.45) is 0 Å². The van der Waals surface area contributed by atoms with Crippen molar-refractivity contribution >= 4 is 68.4 Å². The standard InChI is InChI=1S/C14H7Cl3FIN2/c15-6-14-20-11-4-8(16)9(17)5-13(11)21(14)12-2-1-7(18)3-10(12)19/h1-5H,6H2. The Morgan fingerprint density at radius 2 is 1.86 bits per heavy atom. The highest BCUT2D eigenvalue weighted by molar-refractivity contribution is 14.1. The highest BCUT2D eigenvalue weighted by Crippen LogP contribution is 2.32. The summed E-state index contributed by atoms with van der Waals surface area (Å²) in [5, 5.41) is 0.868. The maximum absolute atomic E-state index is 13.3. The second-order valence-electron chi connectivity index (χ2n) is 4.35. The van der Waals surface area contributed by atoms with Gasteiger partial charge in [-0.15, -0.1) is 11.6 Å². The molecular weight excluding hydrogens is 448 g/mol. The third-order valence-electron chi connectivity index (χ3n) is 3.04. The largest absolute Gasteiger partial charge is 0.294 e. The highest BCUT2D eigenvalue weighted by Gasteiger charge is 2.16.